The van der Waals surface area contributed by atoms with Crippen molar-refractivity contribution in [2.75, 3.05) is 19.0 Å². The van der Waals surface area contributed by atoms with Gasteiger partial charge < -0.3 is 15.2 Å². The molecule has 2 N–H and O–H groups in total. The van der Waals surface area contributed by atoms with Gasteiger partial charge in [-0.05, 0) is 31.2 Å². The second kappa shape index (κ2) is 7.52. The van der Waals surface area contributed by atoms with Crippen LogP contribution in [0.5, 0.6) is 5.75 Å². The van der Waals surface area contributed by atoms with E-state index in [-0.39, 0.29) is 6.54 Å². The number of hydrogen-bond acceptors (Lipinski definition) is 6. The van der Waals surface area contributed by atoms with Crippen LogP contribution in [0, 0.1) is 0 Å². The number of benzene rings is 2. The number of fused-ring (bicyclic) bond motifs is 1. The fraction of sp³-hybridized carbons (Fsp3) is 0.227. The zero-order valence-electron chi connectivity index (χ0n) is 16.6. The third-order valence-electron chi connectivity index (χ3n) is 4.98. The number of rotatable bonds is 6. The van der Waals surface area contributed by atoms with Gasteiger partial charge in [0.15, 0.2) is 5.82 Å². The smallest absolute Gasteiger partial charge is 0.156 e. The van der Waals surface area contributed by atoms with E-state index in [0.717, 1.165) is 33.3 Å². The summed E-state index contributed by atoms with van der Waals surface area (Å²) in [5.41, 5.74) is 1.40. The van der Waals surface area contributed by atoms with Crippen molar-refractivity contribution in [2.24, 2.45) is 7.05 Å². The Bertz CT molecular complexity index is 1140. The van der Waals surface area contributed by atoms with Gasteiger partial charge in [0, 0.05) is 41.7 Å². The van der Waals surface area contributed by atoms with Crippen LogP contribution in [0.15, 0.2) is 60.9 Å². The van der Waals surface area contributed by atoms with Crippen LogP contribution in [0.4, 0.5) is 5.82 Å². The number of hydrogen-bond donors (Lipinski definition) is 2. The lowest BCUT2D eigenvalue weighted by Gasteiger charge is -2.23. The molecule has 0 aliphatic rings. The first-order valence-electron chi connectivity index (χ1n) is 9.33. The van der Waals surface area contributed by atoms with E-state index in [1.165, 1.54) is 0 Å². The van der Waals surface area contributed by atoms with E-state index in [1.54, 1.807) is 31.1 Å². The fourth-order valence-corrected chi connectivity index (χ4v) is 3.25. The zero-order chi connectivity index (χ0) is 20.4. The highest BCUT2D eigenvalue weighted by Crippen LogP contribution is 2.31. The van der Waals surface area contributed by atoms with Gasteiger partial charge in [-0.3, -0.25) is 4.68 Å². The van der Waals surface area contributed by atoms with Crippen molar-refractivity contribution >= 4 is 16.6 Å². The van der Waals surface area contributed by atoms with Crippen LogP contribution in [0.2, 0.25) is 0 Å². The maximum Gasteiger partial charge on any atom is 0.156 e. The molecule has 0 aliphatic carbocycles. The molecule has 0 bridgehead atoms. The number of nitrogens with one attached hydrogen (secondary N) is 1. The average Bonchev–Trinajstić information content (AvgIpc) is 3.19. The molecule has 148 valence electrons. The summed E-state index contributed by atoms with van der Waals surface area (Å²) in [4.78, 5) is 0. The third-order valence-corrected chi connectivity index (χ3v) is 4.98. The summed E-state index contributed by atoms with van der Waals surface area (Å²) in [5.74, 6) is 1.42. The zero-order valence-corrected chi connectivity index (χ0v) is 16.6. The van der Waals surface area contributed by atoms with E-state index in [9.17, 15) is 5.11 Å². The molecule has 2 heterocycles. The summed E-state index contributed by atoms with van der Waals surface area (Å²) in [6, 6.07) is 15.7. The molecule has 0 spiro atoms. The molecule has 7 nitrogen and oxygen atoms in total. The lowest BCUT2D eigenvalue weighted by atomic mass is 9.99. The molecule has 0 saturated carbocycles. The Morgan fingerprint density at radius 3 is 2.45 bits per heavy atom. The Labute approximate surface area is 169 Å². The number of aliphatic hydroxyl groups is 1. The highest BCUT2D eigenvalue weighted by Gasteiger charge is 2.25. The van der Waals surface area contributed by atoms with Crippen LogP contribution >= 0.6 is 0 Å². The van der Waals surface area contributed by atoms with E-state index in [4.69, 9.17) is 4.74 Å². The lowest BCUT2D eigenvalue weighted by molar-refractivity contribution is 0.0714. The molecular formula is C22H23N5O2. The van der Waals surface area contributed by atoms with Gasteiger partial charge in [-0.1, -0.05) is 24.3 Å². The van der Waals surface area contributed by atoms with Crippen LogP contribution in [0.1, 0.15) is 12.5 Å². The summed E-state index contributed by atoms with van der Waals surface area (Å²) in [5, 5.41) is 29.0. The molecule has 0 amide bonds. The molecular weight excluding hydrogens is 366 g/mol. The van der Waals surface area contributed by atoms with Gasteiger partial charge in [-0.15, -0.1) is 10.2 Å². The second-order valence-corrected chi connectivity index (χ2v) is 7.20. The van der Waals surface area contributed by atoms with Gasteiger partial charge in [-0.25, -0.2) is 0 Å². The molecule has 0 fully saturated rings. The molecule has 4 aromatic rings. The first kappa shape index (κ1) is 18.9. The predicted octanol–water partition coefficient (Wildman–Crippen LogP) is 3.36. The van der Waals surface area contributed by atoms with Crippen molar-refractivity contribution in [2.45, 2.75) is 12.5 Å². The molecule has 0 unspecified atom stereocenters. The van der Waals surface area contributed by atoms with Crippen molar-refractivity contribution in [3.8, 4) is 17.0 Å². The molecule has 2 aromatic heterocycles. The van der Waals surface area contributed by atoms with Crippen LogP contribution in [-0.2, 0) is 12.6 Å². The normalized spacial score (nSPS) is 13.2. The summed E-state index contributed by atoms with van der Waals surface area (Å²) in [6.45, 7) is 2.03. The third kappa shape index (κ3) is 3.77. The summed E-state index contributed by atoms with van der Waals surface area (Å²) in [6.07, 6.45) is 3.47. The summed E-state index contributed by atoms with van der Waals surface area (Å²) >= 11 is 0. The topological polar surface area (TPSA) is 85.1 Å². The van der Waals surface area contributed by atoms with Crippen LogP contribution < -0.4 is 10.1 Å². The highest BCUT2D eigenvalue weighted by molar-refractivity contribution is 6.00. The first-order valence-corrected chi connectivity index (χ1v) is 9.33. The fourth-order valence-electron chi connectivity index (χ4n) is 3.25. The quantitative estimate of drug-likeness (QED) is 0.526. The Kier molecular flexibility index (Phi) is 4.90. The van der Waals surface area contributed by atoms with Crippen molar-refractivity contribution in [1.29, 1.82) is 0 Å². The van der Waals surface area contributed by atoms with Crippen molar-refractivity contribution in [3.05, 3.63) is 66.5 Å². The Morgan fingerprint density at radius 2 is 1.79 bits per heavy atom. The van der Waals surface area contributed by atoms with Crippen LogP contribution in [-0.4, -0.2) is 38.7 Å². The van der Waals surface area contributed by atoms with Crippen molar-refractivity contribution in [1.82, 2.24) is 20.0 Å². The minimum Gasteiger partial charge on any atom is -0.497 e. The van der Waals surface area contributed by atoms with Gasteiger partial charge >= 0.3 is 0 Å². The standard InChI is InChI=1S/C22H23N5O2/c1-22(28,16-12-24-27(2)13-16)14-23-21-19-7-5-4-6-18(19)20(25-26-21)15-8-10-17(29-3)11-9-15/h4-13,28H,14H2,1-3H3,(H,23,26)/t22-/m1/s1. The largest absolute Gasteiger partial charge is 0.497 e. The van der Waals surface area contributed by atoms with Crippen LogP contribution in [0.3, 0.4) is 0 Å². The van der Waals surface area contributed by atoms with Gasteiger partial charge in [-0.2, -0.15) is 5.10 Å². The summed E-state index contributed by atoms with van der Waals surface area (Å²) < 4.78 is 6.91. The summed E-state index contributed by atoms with van der Waals surface area (Å²) in [7, 11) is 3.47. The van der Waals surface area contributed by atoms with Gasteiger partial charge in [0.25, 0.3) is 0 Å². The average molecular weight is 389 g/mol. The monoisotopic (exact) mass is 389 g/mol. The molecule has 1 atom stereocenters. The molecule has 2 aromatic carbocycles. The molecule has 0 radical (unpaired) electrons. The number of anilines is 1. The number of ether oxygens (including phenoxy) is 1. The number of aryl methyl sites for hydroxylation is 1. The Morgan fingerprint density at radius 1 is 1.07 bits per heavy atom. The molecule has 7 heteroatoms. The minimum atomic E-state index is -1.09. The molecule has 29 heavy (non-hydrogen) atoms. The van der Waals surface area contributed by atoms with Gasteiger partial charge in [0.05, 0.1) is 13.3 Å². The number of methoxy groups -OCH3 is 1. The molecule has 0 saturated heterocycles. The Balaban J connectivity index is 1.66. The molecule has 0 aliphatic heterocycles. The van der Waals surface area contributed by atoms with E-state index >= 15 is 0 Å². The lowest BCUT2D eigenvalue weighted by Crippen LogP contribution is -2.30. The van der Waals surface area contributed by atoms with E-state index in [1.807, 2.05) is 55.6 Å². The minimum absolute atomic E-state index is 0.277. The highest BCUT2D eigenvalue weighted by atomic mass is 16.5. The maximum absolute atomic E-state index is 10.8. The SMILES string of the molecule is COc1ccc(-c2nnc(NC[C@@](C)(O)c3cnn(C)c3)c3ccccc23)cc1. The van der Waals surface area contributed by atoms with Gasteiger partial charge in [0.1, 0.15) is 17.0 Å². The first-order chi connectivity index (χ1) is 14.0. The second-order valence-electron chi connectivity index (χ2n) is 7.20. The van der Waals surface area contributed by atoms with Crippen molar-refractivity contribution in [3.63, 3.8) is 0 Å². The van der Waals surface area contributed by atoms with E-state index in [0.29, 0.717) is 5.82 Å². The van der Waals surface area contributed by atoms with E-state index < -0.39 is 5.60 Å². The van der Waals surface area contributed by atoms with E-state index in [2.05, 4.69) is 20.6 Å². The van der Waals surface area contributed by atoms with Gasteiger partial charge in [0.2, 0.25) is 0 Å². The number of aromatic nitrogens is 4. The maximum atomic E-state index is 10.8. The van der Waals surface area contributed by atoms with Crippen molar-refractivity contribution < 1.29 is 9.84 Å². The van der Waals surface area contributed by atoms with Crippen LogP contribution in [0.25, 0.3) is 22.0 Å². The molecule has 4 rings (SSSR count). The predicted molar refractivity (Wildman–Crippen MR) is 113 cm³/mol. The number of nitrogens with zero attached hydrogens (tertiary/aromatic N) is 4. The Hall–Kier alpha value is -3.45.